The molecule has 1 unspecified atom stereocenters. The van der Waals surface area contributed by atoms with Gasteiger partial charge < -0.3 is 20.2 Å². The van der Waals surface area contributed by atoms with Crippen LogP contribution in [0.2, 0.25) is 0 Å². The van der Waals surface area contributed by atoms with E-state index in [1.54, 1.807) is 14.0 Å². The Labute approximate surface area is 119 Å². The lowest BCUT2D eigenvalue weighted by Gasteiger charge is -2.26. The van der Waals surface area contributed by atoms with Crippen LogP contribution in [0.15, 0.2) is 0 Å². The van der Waals surface area contributed by atoms with E-state index in [2.05, 4.69) is 5.32 Å². The molecule has 0 aliphatic carbocycles. The number of nitrogens with zero attached hydrogens (tertiary/aromatic N) is 2. The van der Waals surface area contributed by atoms with Crippen molar-refractivity contribution in [2.24, 2.45) is 5.92 Å². The van der Waals surface area contributed by atoms with Crippen LogP contribution >= 0.6 is 0 Å². The molecule has 0 aliphatic heterocycles. The first-order valence-electron chi connectivity index (χ1n) is 6.71. The van der Waals surface area contributed by atoms with Gasteiger partial charge in [-0.3, -0.25) is 9.59 Å². The van der Waals surface area contributed by atoms with E-state index in [0.29, 0.717) is 13.1 Å². The number of rotatable bonds is 7. The van der Waals surface area contributed by atoms with Crippen LogP contribution in [0, 0.1) is 5.92 Å². The smallest absolute Gasteiger partial charge is 0.323 e. The third-order valence-corrected chi connectivity index (χ3v) is 2.76. The van der Waals surface area contributed by atoms with E-state index < -0.39 is 18.0 Å². The molecule has 7 heteroatoms. The fraction of sp³-hybridized carbons (Fsp3) is 0.769. The Kier molecular flexibility index (Phi) is 7.64. The van der Waals surface area contributed by atoms with Gasteiger partial charge in [0.15, 0.2) is 0 Å². The Balaban J connectivity index is 4.66. The molecule has 0 bridgehead atoms. The van der Waals surface area contributed by atoms with Crippen LogP contribution in [-0.2, 0) is 9.59 Å². The normalized spacial score (nSPS) is 11.9. The van der Waals surface area contributed by atoms with Gasteiger partial charge in [0.2, 0.25) is 5.91 Å². The number of carbonyl (C=O) groups excluding carboxylic acids is 2. The number of aliphatic carboxylic acids is 1. The summed E-state index contributed by atoms with van der Waals surface area (Å²) in [4.78, 5) is 37.3. The van der Waals surface area contributed by atoms with E-state index in [0.717, 1.165) is 0 Å². The van der Waals surface area contributed by atoms with Gasteiger partial charge in [-0.2, -0.15) is 0 Å². The van der Waals surface area contributed by atoms with Crippen molar-refractivity contribution in [2.45, 2.75) is 33.7 Å². The van der Waals surface area contributed by atoms with Gasteiger partial charge in [0.05, 0.1) is 0 Å². The summed E-state index contributed by atoms with van der Waals surface area (Å²) in [5, 5.41) is 11.4. The van der Waals surface area contributed by atoms with Gasteiger partial charge in [0.1, 0.15) is 12.6 Å². The molecule has 0 fully saturated rings. The fourth-order valence-corrected chi connectivity index (χ4v) is 1.65. The van der Waals surface area contributed by atoms with Crippen LogP contribution in [0.3, 0.4) is 0 Å². The molecule has 0 saturated heterocycles. The predicted molar refractivity (Wildman–Crippen MR) is 75.4 cm³/mol. The van der Waals surface area contributed by atoms with Crippen molar-refractivity contribution in [3.63, 3.8) is 0 Å². The molecule has 3 amide bonds. The lowest BCUT2D eigenvalue weighted by Crippen LogP contribution is -2.51. The highest BCUT2D eigenvalue weighted by atomic mass is 16.4. The third kappa shape index (κ3) is 6.40. The van der Waals surface area contributed by atoms with Gasteiger partial charge in [0.25, 0.3) is 0 Å². The number of hydrogen-bond acceptors (Lipinski definition) is 3. The van der Waals surface area contributed by atoms with Crippen LogP contribution in [0.1, 0.15) is 27.7 Å². The highest BCUT2D eigenvalue weighted by Crippen LogP contribution is 2.01. The number of carbonyl (C=O) groups is 3. The zero-order valence-electron chi connectivity index (χ0n) is 12.8. The van der Waals surface area contributed by atoms with Gasteiger partial charge in [-0.1, -0.05) is 13.8 Å². The van der Waals surface area contributed by atoms with Gasteiger partial charge in [0, 0.05) is 20.1 Å². The van der Waals surface area contributed by atoms with Crippen LogP contribution in [-0.4, -0.2) is 65.5 Å². The summed E-state index contributed by atoms with van der Waals surface area (Å²) in [5.74, 6) is -1.14. The van der Waals surface area contributed by atoms with E-state index in [4.69, 9.17) is 5.11 Å². The molecule has 0 rings (SSSR count). The first-order chi connectivity index (χ1) is 9.18. The molecule has 1 atom stereocenters. The maximum atomic E-state index is 12.0. The Bertz CT molecular complexity index is 358. The molecule has 0 aliphatic rings. The molecule has 0 spiro atoms. The second kappa shape index (κ2) is 8.39. The quantitative estimate of drug-likeness (QED) is 0.717. The minimum absolute atomic E-state index is 0.143. The summed E-state index contributed by atoms with van der Waals surface area (Å²) >= 11 is 0. The average Bonchev–Trinajstić information content (AvgIpc) is 2.34. The zero-order valence-corrected chi connectivity index (χ0v) is 12.8. The first-order valence-corrected chi connectivity index (χ1v) is 6.71. The molecule has 116 valence electrons. The summed E-state index contributed by atoms with van der Waals surface area (Å²) in [6.07, 6.45) is 0. The minimum atomic E-state index is -1.08. The van der Waals surface area contributed by atoms with Crippen LogP contribution in [0.25, 0.3) is 0 Å². The summed E-state index contributed by atoms with van der Waals surface area (Å²) in [5.41, 5.74) is 0. The largest absolute Gasteiger partial charge is 0.480 e. The second-order valence-electron chi connectivity index (χ2n) is 5.19. The molecule has 0 saturated carbocycles. The molecule has 0 radical (unpaired) electrons. The topological polar surface area (TPSA) is 90.0 Å². The Hall–Kier alpha value is -1.79. The lowest BCUT2D eigenvalue weighted by molar-refractivity contribution is -0.137. The van der Waals surface area contributed by atoms with Crippen LogP contribution < -0.4 is 5.32 Å². The molecule has 0 aromatic rings. The van der Waals surface area contributed by atoms with Crippen molar-refractivity contribution in [2.75, 3.05) is 26.7 Å². The molecular weight excluding hydrogens is 262 g/mol. The third-order valence-electron chi connectivity index (χ3n) is 2.76. The number of amides is 3. The van der Waals surface area contributed by atoms with Crippen molar-refractivity contribution in [1.82, 2.24) is 15.1 Å². The Morgan fingerprint density at radius 1 is 1.20 bits per heavy atom. The SMILES string of the molecule is CCN(C)C(=O)C(C)NC(=O)N(CC(=O)O)CC(C)C. The van der Waals surface area contributed by atoms with Crippen molar-refractivity contribution >= 4 is 17.9 Å². The highest BCUT2D eigenvalue weighted by molar-refractivity contribution is 5.87. The average molecular weight is 287 g/mol. The molecule has 0 aromatic carbocycles. The monoisotopic (exact) mass is 287 g/mol. The maximum Gasteiger partial charge on any atom is 0.323 e. The number of carboxylic acids is 1. The van der Waals surface area contributed by atoms with E-state index in [-0.39, 0.29) is 18.4 Å². The lowest BCUT2D eigenvalue weighted by atomic mass is 10.2. The van der Waals surface area contributed by atoms with Gasteiger partial charge >= 0.3 is 12.0 Å². The number of urea groups is 1. The predicted octanol–water partition coefficient (Wildman–Crippen LogP) is 0.605. The van der Waals surface area contributed by atoms with E-state index >= 15 is 0 Å². The second-order valence-corrected chi connectivity index (χ2v) is 5.19. The summed E-state index contributed by atoms with van der Waals surface area (Å²) in [7, 11) is 1.65. The Morgan fingerprint density at radius 3 is 2.15 bits per heavy atom. The van der Waals surface area contributed by atoms with Gasteiger partial charge in [-0.05, 0) is 19.8 Å². The molecule has 0 heterocycles. The summed E-state index contributed by atoms with van der Waals surface area (Å²) in [6, 6.07) is -1.22. The van der Waals surface area contributed by atoms with Crippen molar-refractivity contribution in [3.8, 4) is 0 Å². The molecule has 7 nitrogen and oxygen atoms in total. The number of likely N-dealkylation sites (N-methyl/N-ethyl adjacent to an activating group) is 1. The number of nitrogens with one attached hydrogen (secondary N) is 1. The van der Waals surface area contributed by atoms with Gasteiger partial charge in [-0.25, -0.2) is 4.79 Å². The molecular formula is C13H25N3O4. The zero-order chi connectivity index (χ0) is 15.9. The minimum Gasteiger partial charge on any atom is -0.480 e. The Morgan fingerprint density at radius 2 is 1.75 bits per heavy atom. The molecule has 20 heavy (non-hydrogen) atoms. The van der Waals surface area contributed by atoms with E-state index in [1.807, 2.05) is 20.8 Å². The standard InChI is InChI=1S/C13H25N3O4/c1-6-15(5)12(19)10(4)14-13(20)16(7-9(2)3)8-11(17)18/h9-10H,6-8H2,1-5H3,(H,14,20)(H,17,18). The maximum absolute atomic E-state index is 12.0. The van der Waals surface area contributed by atoms with Crippen molar-refractivity contribution in [3.05, 3.63) is 0 Å². The molecule has 0 aromatic heterocycles. The summed E-state index contributed by atoms with van der Waals surface area (Å²) in [6.45, 7) is 7.69. The van der Waals surface area contributed by atoms with Crippen LogP contribution in [0.5, 0.6) is 0 Å². The van der Waals surface area contributed by atoms with Crippen molar-refractivity contribution in [1.29, 1.82) is 0 Å². The number of hydrogen-bond donors (Lipinski definition) is 2. The summed E-state index contributed by atoms with van der Waals surface area (Å²) < 4.78 is 0. The van der Waals surface area contributed by atoms with E-state index in [1.165, 1.54) is 9.80 Å². The molecule has 2 N–H and O–H groups in total. The number of carboxylic acid groups (broad SMARTS) is 1. The van der Waals surface area contributed by atoms with E-state index in [9.17, 15) is 14.4 Å². The first kappa shape index (κ1) is 18.2. The van der Waals surface area contributed by atoms with Crippen molar-refractivity contribution < 1.29 is 19.5 Å². The van der Waals surface area contributed by atoms with Gasteiger partial charge in [-0.15, -0.1) is 0 Å². The fourth-order valence-electron chi connectivity index (χ4n) is 1.65. The highest BCUT2D eigenvalue weighted by Gasteiger charge is 2.23. The van der Waals surface area contributed by atoms with Crippen LogP contribution in [0.4, 0.5) is 4.79 Å².